The average molecular weight is 257 g/mol. The van der Waals surface area contributed by atoms with Crippen LogP contribution in [0, 0.1) is 0 Å². The molecule has 19 heavy (non-hydrogen) atoms. The first kappa shape index (κ1) is 12.2. The Bertz CT molecular complexity index is 503. The third kappa shape index (κ3) is 3.35. The van der Waals surface area contributed by atoms with E-state index in [1.807, 2.05) is 16.9 Å². The summed E-state index contributed by atoms with van der Waals surface area (Å²) in [6, 6.07) is 10.9. The Morgan fingerprint density at radius 2 is 2.00 bits per heavy atom. The lowest BCUT2D eigenvalue weighted by atomic mass is 10.1. The van der Waals surface area contributed by atoms with Gasteiger partial charge >= 0.3 is 0 Å². The standard InChI is InChI=1S/C15H19N3O/c1-2-4-13(5-3-1)11-18-12-15(10-16-18)17-14-6-8-19-9-7-14/h1-5,10,12,14,17H,6-9,11H2. The first-order chi connectivity index (χ1) is 9.40. The van der Waals surface area contributed by atoms with E-state index in [2.05, 4.69) is 40.9 Å². The van der Waals surface area contributed by atoms with Gasteiger partial charge in [0.05, 0.1) is 18.4 Å². The van der Waals surface area contributed by atoms with Crippen LogP contribution in [0.15, 0.2) is 42.7 Å². The Morgan fingerprint density at radius 3 is 2.79 bits per heavy atom. The second-order valence-electron chi connectivity index (χ2n) is 4.94. The lowest BCUT2D eigenvalue weighted by Crippen LogP contribution is -2.27. The van der Waals surface area contributed by atoms with Crippen molar-refractivity contribution in [3.8, 4) is 0 Å². The van der Waals surface area contributed by atoms with Crippen LogP contribution in [-0.2, 0) is 11.3 Å². The molecule has 1 aliphatic heterocycles. The average Bonchev–Trinajstić information content (AvgIpc) is 2.88. The molecule has 0 unspecified atom stereocenters. The van der Waals surface area contributed by atoms with Crippen molar-refractivity contribution in [3.05, 3.63) is 48.3 Å². The van der Waals surface area contributed by atoms with E-state index in [0.29, 0.717) is 6.04 Å². The number of hydrogen-bond donors (Lipinski definition) is 1. The van der Waals surface area contributed by atoms with Crippen molar-refractivity contribution >= 4 is 5.69 Å². The molecule has 0 atom stereocenters. The minimum absolute atomic E-state index is 0.517. The van der Waals surface area contributed by atoms with E-state index in [9.17, 15) is 0 Å². The molecule has 1 N–H and O–H groups in total. The lowest BCUT2D eigenvalue weighted by Gasteiger charge is -2.23. The highest BCUT2D eigenvalue weighted by molar-refractivity contribution is 5.39. The van der Waals surface area contributed by atoms with Crippen LogP contribution in [0.4, 0.5) is 5.69 Å². The highest BCUT2D eigenvalue weighted by atomic mass is 16.5. The number of nitrogens with zero attached hydrogens (tertiary/aromatic N) is 2. The molecule has 2 aromatic rings. The largest absolute Gasteiger partial charge is 0.381 e. The number of hydrogen-bond acceptors (Lipinski definition) is 3. The number of ether oxygens (including phenoxy) is 1. The van der Waals surface area contributed by atoms with Gasteiger partial charge in [0.1, 0.15) is 0 Å². The molecule has 100 valence electrons. The van der Waals surface area contributed by atoms with Gasteiger partial charge in [0.2, 0.25) is 0 Å². The van der Waals surface area contributed by atoms with Crippen LogP contribution in [0.5, 0.6) is 0 Å². The van der Waals surface area contributed by atoms with Crippen LogP contribution < -0.4 is 5.32 Å². The van der Waals surface area contributed by atoms with E-state index in [-0.39, 0.29) is 0 Å². The molecule has 0 bridgehead atoms. The van der Waals surface area contributed by atoms with Crippen molar-refractivity contribution in [2.24, 2.45) is 0 Å². The molecule has 0 saturated carbocycles. The van der Waals surface area contributed by atoms with Crippen molar-refractivity contribution in [3.63, 3.8) is 0 Å². The van der Waals surface area contributed by atoms with E-state index in [1.54, 1.807) is 0 Å². The summed E-state index contributed by atoms with van der Waals surface area (Å²) in [6.07, 6.45) is 6.12. The predicted molar refractivity (Wildman–Crippen MR) is 75.2 cm³/mol. The van der Waals surface area contributed by atoms with Gasteiger partial charge in [-0.15, -0.1) is 0 Å². The molecule has 1 fully saturated rings. The van der Waals surface area contributed by atoms with Crippen LogP contribution in [0.3, 0.4) is 0 Å². The third-order valence-electron chi connectivity index (χ3n) is 3.41. The monoisotopic (exact) mass is 257 g/mol. The number of anilines is 1. The first-order valence-corrected chi connectivity index (χ1v) is 6.81. The fourth-order valence-corrected chi connectivity index (χ4v) is 2.37. The highest BCUT2D eigenvalue weighted by Crippen LogP contribution is 2.14. The zero-order valence-corrected chi connectivity index (χ0v) is 11.0. The number of benzene rings is 1. The van der Waals surface area contributed by atoms with Crippen LogP contribution in [0.2, 0.25) is 0 Å². The van der Waals surface area contributed by atoms with Crippen molar-refractivity contribution in [1.29, 1.82) is 0 Å². The van der Waals surface area contributed by atoms with E-state index in [1.165, 1.54) is 5.56 Å². The minimum atomic E-state index is 0.517. The molecular formula is C15H19N3O. The zero-order valence-electron chi connectivity index (χ0n) is 11.0. The summed E-state index contributed by atoms with van der Waals surface area (Å²) < 4.78 is 7.33. The number of aromatic nitrogens is 2. The summed E-state index contributed by atoms with van der Waals surface area (Å²) >= 11 is 0. The maximum absolute atomic E-state index is 5.36. The van der Waals surface area contributed by atoms with Crippen LogP contribution in [-0.4, -0.2) is 29.0 Å². The van der Waals surface area contributed by atoms with Crippen LogP contribution in [0.25, 0.3) is 0 Å². The van der Waals surface area contributed by atoms with Crippen molar-refractivity contribution in [2.45, 2.75) is 25.4 Å². The number of rotatable bonds is 4. The van der Waals surface area contributed by atoms with Crippen LogP contribution in [0.1, 0.15) is 18.4 Å². The van der Waals surface area contributed by atoms with Crippen LogP contribution >= 0.6 is 0 Å². The number of nitrogens with one attached hydrogen (secondary N) is 1. The van der Waals surface area contributed by atoms with Crippen molar-refractivity contribution < 1.29 is 4.74 Å². The fraction of sp³-hybridized carbons (Fsp3) is 0.400. The smallest absolute Gasteiger partial charge is 0.0728 e. The Balaban J connectivity index is 1.59. The molecule has 3 rings (SSSR count). The summed E-state index contributed by atoms with van der Waals surface area (Å²) in [5, 5.41) is 7.92. The second-order valence-corrected chi connectivity index (χ2v) is 4.94. The third-order valence-corrected chi connectivity index (χ3v) is 3.41. The summed E-state index contributed by atoms with van der Waals surface area (Å²) in [5.41, 5.74) is 2.37. The molecule has 0 amide bonds. The topological polar surface area (TPSA) is 39.1 Å². The molecule has 0 aliphatic carbocycles. The zero-order chi connectivity index (χ0) is 12.9. The van der Waals surface area contributed by atoms with Gasteiger partial charge in [0.25, 0.3) is 0 Å². The maximum Gasteiger partial charge on any atom is 0.0728 e. The summed E-state index contributed by atoms with van der Waals surface area (Å²) in [7, 11) is 0. The van der Waals surface area contributed by atoms with Gasteiger partial charge in [0, 0.05) is 25.5 Å². The van der Waals surface area contributed by atoms with Gasteiger partial charge in [-0.05, 0) is 18.4 Å². The normalized spacial score (nSPS) is 16.4. The Labute approximate surface area is 113 Å². The fourth-order valence-electron chi connectivity index (χ4n) is 2.37. The summed E-state index contributed by atoms with van der Waals surface area (Å²) in [6.45, 7) is 2.53. The molecule has 1 saturated heterocycles. The van der Waals surface area contributed by atoms with Gasteiger partial charge in [-0.1, -0.05) is 30.3 Å². The van der Waals surface area contributed by atoms with Gasteiger partial charge in [-0.25, -0.2) is 0 Å². The maximum atomic E-state index is 5.36. The van der Waals surface area contributed by atoms with E-state index >= 15 is 0 Å². The Kier molecular flexibility index (Phi) is 3.79. The quantitative estimate of drug-likeness (QED) is 0.914. The van der Waals surface area contributed by atoms with E-state index in [4.69, 9.17) is 4.74 Å². The van der Waals surface area contributed by atoms with Gasteiger partial charge in [-0.2, -0.15) is 5.10 Å². The molecule has 0 radical (unpaired) electrons. The highest BCUT2D eigenvalue weighted by Gasteiger charge is 2.13. The molecule has 4 heteroatoms. The molecule has 1 aromatic carbocycles. The van der Waals surface area contributed by atoms with E-state index < -0.39 is 0 Å². The molecule has 1 aliphatic rings. The van der Waals surface area contributed by atoms with Gasteiger partial charge < -0.3 is 10.1 Å². The summed E-state index contributed by atoms with van der Waals surface area (Å²) in [4.78, 5) is 0. The van der Waals surface area contributed by atoms with E-state index in [0.717, 1.165) is 38.3 Å². The van der Waals surface area contributed by atoms with Crippen molar-refractivity contribution in [1.82, 2.24) is 9.78 Å². The Hall–Kier alpha value is -1.81. The molecular weight excluding hydrogens is 238 g/mol. The first-order valence-electron chi connectivity index (χ1n) is 6.81. The lowest BCUT2D eigenvalue weighted by molar-refractivity contribution is 0.0904. The van der Waals surface area contributed by atoms with Crippen molar-refractivity contribution in [2.75, 3.05) is 18.5 Å². The molecule has 4 nitrogen and oxygen atoms in total. The van der Waals surface area contributed by atoms with Gasteiger partial charge in [-0.3, -0.25) is 4.68 Å². The van der Waals surface area contributed by atoms with Gasteiger partial charge in [0.15, 0.2) is 0 Å². The second kappa shape index (κ2) is 5.89. The minimum Gasteiger partial charge on any atom is -0.381 e. The SMILES string of the molecule is c1ccc(Cn2cc(NC3CCOCC3)cn2)cc1. The summed E-state index contributed by atoms with van der Waals surface area (Å²) in [5.74, 6) is 0. The Morgan fingerprint density at radius 1 is 1.21 bits per heavy atom. The molecule has 0 spiro atoms. The molecule has 2 heterocycles. The molecule has 1 aromatic heterocycles. The predicted octanol–water partition coefficient (Wildman–Crippen LogP) is 2.52.